The summed E-state index contributed by atoms with van der Waals surface area (Å²) < 4.78 is 13.1. The number of furan rings is 1. The molecule has 0 spiro atoms. The summed E-state index contributed by atoms with van der Waals surface area (Å²) in [5.41, 5.74) is 0. The second-order valence-corrected chi connectivity index (χ2v) is 8.53. The van der Waals surface area contributed by atoms with Gasteiger partial charge in [-0.1, -0.05) is 0 Å². The number of hydrogen-bond donors (Lipinski definition) is 0. The van der Waals surface area contributed by atoms with Crippen molar-refractivity contribution in [2.24, 2.45) is 0 Å². The molecule has 21 heavy (non-hydrogen) atoms. The molecule has 0 unspecified atom stereocenters. The first-order valence-electron chi connectivity index (χ1n) is 6.41. The molecule has 2 aromatic carbocycles. The topological polar surface area (TPSA) is 39.4 Å². The first-order chi connectivity index (χ1) is 10.3. The third-order valence-corrected chi connectivity index (χ3v) is 7.27. The van der Waals surface area contributed by atoms with E-state index in [4.69, 9.17) is 7.48 Å². The first-order valence-corrected chi connectivity index (χ1v) is 9.45. The summed E-state index contributed by atoms with van der Waals surface area (Å²) in [6.45, 7) is 0. The van der Waals surface area contributed by atoms with Crippen molar-refractivity contribution in [3.8, 4) is 0 Å². The van der Waals surface area contributed by atoms with Gasteiger partial charge in [-0.25, -0.2) is 0 Å². The van der Waals surface area contributed by atoms with Gasteiger partial charge in [0.25, 0.3) is 0 Å². The summed E-state index contributed by atoms with van der Waals surface area (Å²) in [6.07, 6.45) is 1.47. The van der Waals surface area contributed by atoms with Gasteiger partial charge in [0.05, 0.1) is 0 Å². The average Bonchev–Trinajstić information content (AvgIpc) is 3.09. The first kappa shape index (κ1) is 13.9. The maximum atomic E-state index is 12.2. The van der Waals surface area contributed by atoms with Gasteiger partial charge >= 0.3 is 130 Å². The second-order valence-electron chi connectivity index (χ2n) is 4.18. The molecule has 0 aliphatic carbocycles. The fraction of sp³-hybridized carbons (Fsp3) is 0. The predicted octanol–water partition coefficient (Wildman–Crippen LogP) is 4.60. The van der Waals surface area contributed by atoms with Gasteiger partial charge in [-0.05, 0) is 0 Å². The zero-order valence-corrected chi connectivity index (χ0v) is 13.3. The third kappa shape index (κ3) is 3.33. The maximum absolute atomic E-state index is 12.2. The van der Waals surface area contributed by atoms with Crippen molar-refractivity contribution < 1.29 is 12.3 Å². The Morgan fingerprint density at radius 1 is 0.810 bits per heavy atom. The molecule has 0 saturated heterocycles. The normalized spacial score (nSPS) is 11.0. The summed E-state index contributed by atoms with van der Waals surface area (Å²) >= 11 is -2.27. The van der Waals surface area contributed by atoms with Crippen molar-refractivity contribution in [3.05, 3.63) is 92.0 Å². The van der Waals surface area contributed by atoms with Gasteiger partial charge in [-0.3, -0.25) is 0 Å². The summed E-state index contributed by atoms with van der Waals surface area (Å²) in [5.74, 6) is -0.165. The van der Waals surface area contributed by atoms with E-state index in [2.05, 4.69) is 0 Å². The zero-order valence-electron chi connectivity index (χ0n) is 11.1. The van der Waals surface area contributed by atoms with Crippen molar-refractivity contribution in [3.63, 3.8) is 0 Å². The van der Waals surface area contributed by atoms with Crippen LogP contribution in [0.5, 0.6) is 0 Å². The van der Waals surface area contributed by atoms with Crippen LogP contribution in [0.2, 0.25) is 0 Å². The molecular weight excluding hydrogens is 379 g/mol. The van der Waals surface area contributed by atoms with Gasteiger partial charge in [0, 0.05) is 0 Å². The zero-order chi connectivity index (χ0) is 14.5. The molecule has 106 valence electrons. The molecule has 0 fully saturated rings. The number of carbonyl (C=O) groups is 1. The van der Waals surface area contributed by atoms with Crippen LogP contribution in [0.4, 0.5) is 0 Å². The van der Waals surface area contributed by atoms with E-state index in [1.54, 1.807) is 12.1 Å². The Bertz CT molecular complexity index is 654. The van der Waals surface area contributed by atoms with Crippen LogP contribution in [0.3, 0.4) is 0 Å². The molecule has 0 amide bonds. The Morgan fingerprint density at radius 3 is 1.86 bits per heavy atom. The third-order valence-electron chi connectivity index (χ3n) is 2.73. The monoisotopic (exact) mass is 392 g/mol. The molecule has 0 aliphatic rings. The van der Waals surface area contributed by atoms with Crippen LogP contribution in [0, 0.1) is 7.14 Å². The molecule has 0 aliphatic heterocycles. The van der Waals surface area contributed by atoms with E-state index in [0.717, 1.165) is 7.14 Å². The van der Waals surface area contributed by atoms with E-state index >= 15 is 0 Å². The van der Waals surface area contributed by atoms with Gasteiger partial charge in [0.15, 0.2) is 0 Å². The summed E-state index contributed by atoms with van der Waals surface area (Å²) in [7, 11) is 0. The second kappa shape index (κ2) is 6.58. The molecule has 3 rings (SSSR count). The minimum absolute atomic E-state index is 0.240. The molecule has 0 bridgehead atoms. The van der Waals surface area contributed by atoms with Crippen LogP contribution < -0.4 is 0 Å². The molecule has 0 saturated carbocycles. The number of halogens is 1. The minimum atomic E-state index is -2.27. The van der Waals surface area contributed by atoms with Gasteiger partial charge in [0.2, 0.25) is 0 Å². The van der Waals surface area contributed by atoms with E-state index in [1.807, 2.05) is 60.7 Å². The van der Waals surface area contributed by atoms with Crippen LogP contribution in [-0.2, 0) is 3.07 Å². The fourth-order valence-electron chi connectivity index (χ4n) is 1.78. The van der Waals surface area contributed by atoms with Crippen LogP contribution in [-0.4, -0.2) is 5.97 Å². The number of rotatable bonds is 4. The number of carbonyl (C=O) groups excluding carboxylic acids is 1. The van der Waals surface area contributed by atoms with Crippen LogP contribution in [0.1, 0.15) is 10.6 Å². The van der Waals surface area contributed by atoms with Crippen molar-refractivity contribution >= 4 is 26.2 Å². The van der Waals surface area contributed by atoms with E-state index in [-0.39, 0.29) is 5.76 Å². The molecular formula is C17H13IO3. The Kier molecular flexibility index (Phi) is 4.35. The molecule has 0 radical (unpaired) electrons. The Hall–Kier alpha value is -2.08. The molecule has 1 aromatic heterocycles. The Labute approximate surface area is 130 Å². The Morgan fingerprint density at radius 2 is 1.38 bits per heavy atom. The molecule has 0 N–H and O–H groups in total. The van der Waals surface area contributed by atoms with Gasteiger partial charge < -0.3 is 0 Å². The quantitative estimate of drug-likeness (QED) is 0.610. The summed E-state index contributed by atoms with van der Waals surface area (Å²) in [4.78, 5) is 12.2. The van der Waals surface area contributed by atoms with Crippen molar-refractivity contribution in [1.82, 2.24) is 0 Å². The summed E-state index contributed by atoms with van der Waals surface area (Å²) in [5, 5.41) is 0. The molecule has 0 atom stereocenters. The van der Waals surface area contributed by atoms with Crippen molar-refractivity contribution in [2.45, 2.75) is 0 Å². The van der Waals surface area contributed by atoms with Crippen LogP contribution in [0.25, 0.3) is 0 Å². The molecule has 3 nitrogen and oxygen atoms in total. The Balaban J connectivity index is 1.92. The SMILES string of the molecule is O=C(OI(c1ccccc1)c1ccccc1)c1ccco1. The van der Waals surface area contributed by atoms with Crippen molar-refractivity contribution in [2.75, 3.05) is 0 Å². The molecule has 4 heteroatoms. The number of benzene rings is 2. The van der Waals surface area contributed by atoms with Gasteiger partial charge in [-0.2, -0.15) is 0 Å². The van der Waals surface area contributed by atoms with E-state index in [0.29, 0.717) is 0 Å². The fourth-order valence-corrected chi connectivity index (χ4v) is 5.76. The average molecular weight is 392 g/mol. The standard InChI is InChI=1S/C17H13IO3/c19-17(16-12-7-13-20-16)21-18(14-8-3-1-4-9-14)15-10-5-2-6-11-15/h1-13H. The predicted molar refractivity (Wildman–Crippen MR) is 88.4 cm³/mol. The van der Waals surface area contributed by atoms with Gasteiger partial charge in [-0.15, -0.1) is 0 Å². The van der Waals surface area contributed by atoms with Crippen LogP contribution >= 0.6 is 20.2 Å². The number of hydrogen-bond acceptors (Lipinski definition) is 3. The van der Waals surface area contributed by atoms with Gasteiger partial charge in [0.1, 0.15) is 0 Å². The van der Waals surface area contributed by atoms with Crippen molar-refractivity contribution in [1.29, 1.82) is 0 Å². The molecule has 1 heterocycles. The summed E-state index contributed by atoms with van der Waals surface area (Å²) in [6, 6.07) is 23.1. The van der Waals surface area contributed by atoms with E-state index in [1.165, 1.54) is 6.26 Å². The van der Waals surface area contributed by atoms with Crippen LogP contribution in [0.15, 0.2) is 83.5 Å². The molecule has 3 aromatic rings. The van der Waals surface area contributed by atoms with E-state index in [9.17, 15) is 4.79 Å². The van der Waals surface area contributed by atoms with E-state index < -0.39 is 26.2 Å².